The van der Waals surface area contributed by atoms with Crippen LogP contribution in [0.1, 0.15) is 98.2 Å². The van der Waals surface area contributed by atoms with Crippen molar-refractivity contribution in [2.45, 2.75) is 103 Å². The van der Waals surface area contributed by atoms with Crippen molar-refractivity contribution in [3.8, 4) is 0 Å². The van der Waals surface area contributed by atoms with Gasteiger partial charge in [-0.05, 0) is 6.42 Å². The lowest BCUT2D eigenvalue weighted by Crippen LogP contribution is -2.23. The van der Waals surface area contributed by atoms with E-state index < -0.39 is 12.6 Å². The second-order valence-electron chi connectivity index (χ2n) is 6.68. The molecule has 0 radical (unpaired) electrons. The molecule has 0 fully saturated rings. The maximum Gasteiger partial charge on any atom is 0.293 e. The molecular formula is C20H40O4. The lowest BCUT2D eigenvalue weighted by Gasteiger charge is -2.12. The highest BCUT2D eigenvalue weighted by Gasteiger charge is 2.06. The molecule has 0 aromatic rings. The minimum atomic E-state index is -1.13. The molecule has 24 heavy (non-hydrogen) atoms. The number of carbonyl (C=O) groups excluding carboxylic acids is 1. The topological polar surface area (TPSA) is 55.8 Å². The van der Waals surface area contributed by atoms with Gasteiger partial charge in [0, 0.05) is 6.61 Å². The molecule has 0 heterocycles. The van der Waals surface area contributed by atoms with E-state index in [1.54, 1.807) is 0 Å². The SMILES string of the molecule is [2H]C(=O)OC(CO)COCCCCCCCCCCCCCCCC. The Labute approximate surface area is 150 Å². The molecule has 0 aromatic carbocycles. The first-order valence-corrected chi connectivity index (χ1v) is 10.1. The molecule has 4 heteroatoms. The average Bonchev–Trinajstić information content (AvgIpc) is 2.60. The Hall–Kier alpha value is -0.610. The normalized spacial score (nSPS) is 12.8. The lowest BCUT2D eigenvalue weighted by atomic mass is 10.0. The van der Waals surface area contributed by atoms with Gasteiger partial charge in [0.05, 0.1) is 13.2 Å². The Morgan fingerprint density at radius 2 is 1.33 bits per heavy atom. The zero-order valence-electron chi connectivity index (χ0n) is 16.8. The maximum absolute atomic E-state index is 10.5. The number of aliphatic hydroxyl groups excluding tert-OH is 1. The standard InChI is InChI=1S/C20H40O4/c1-2-3-4-5-6-7-8-9-10-11-12-13-14-15-16-23-18-20(17-21)24-19-22/h19-21H,2-18H2,1H3/i19D. The predicted molar refractivity (Wildman–Crippen MR) is 99.2 cm³/mol. The fraction of sp³-hybridized carbons (Fsp3) is 0.950. The molecule has 0 aliphatic rings. The van der Waals surface area contributed by atoms with E-state index in [-0.39, 0.29) is 13.2 Å². The molecule has 0 aliphatic carbocycles. The molecule has 144 valence electrons. The lowest BCUT2D eigenvalue weighted by molar-refractivity contribution is -0.139. The summed E-state index contributed by atoms with van der Waals surface area (Å²) >= 11 is 0. The van der Waals surface area contributed by atoms with Crippen molar-refractivity contribution in [1.82, 2.24) is 0 Å². The predicted octanol–water partition coefficient (Wildman–Crippen LogP) is 5.02. The van der Waals surface area contributed by atoms with Gasteiger partial charge in [-0.3, -0.25) is 4.79 Å². The highest BCUT2D eigenvalue weighted by molar-refractivity contribution is 5.37. The molecule has 0 saturated carbocycles. The van der Waals surface area contributed by atoms with E-state index >= 15 is 0 Å². The summed E-state index contributed by atoms with van der Waals surface area (Å²) in [4.78, 5) is 10.5. The molecule has 0 aromatic heterocycles. The number of ether oxygens (including phenoxy) is 2. The van der Waals surface area contributed by atoms with Crippen LogP contribution in [0.15, 0.2) is 0 Å². The Morgan fingerprint density at radius 1 is 0.875 bits per heavy atom. The summed E-state index contributed by atoms with van der Waals surface area (Å²) in [5.74, 6) is 0. The Morgan fingerprint density at radius 3 is 1.75 bits per heavy atom. The number of aliphatic hydroxyl groups is 1. The van der Waals surface area contributed by atoms with Crippen LogP contribution in [0.4, 0.5) is 0 Å². The molecule has 0 bridgehead atoms. The highest BCUT2D eigenvalue weighted by Crippen LogP contribution is 2.12. The van der Waals surface area contributed by atoms with Crippen LogP contribution in [0.2, 0.25) is 0 Å². The van der Waals surface area contributed by atoms with Crippen molar-refractivity contribution in [2.24, 2.45) is 0 Å². The van der Waals surface area contributed by atoms with Crippen LogP contribution in [0, 0.1) is 0 Å². The van der Waals surface area contributed by atoms with Gasteiger partial charge in [-0.1, -0.05) is 90.4 Å². The first-order valence-electron chi connectivity index (χ1n) is 10.6. The molecule has 0 saturated heterocycles. The molecule has 0 amide bonds. The van der Waals surface area contributed by atoms with Gasteiger partial charge in [-0.2, -0.15) is 0 Å². The van der Waals surface area contributed by atoms with E-state index in [1.807, 2.05) is 0 Å². The number of rotatable bonds is 19. The third kappa shape index (κ3) is 17.7. The third-order valence-electron chi connectivity index (χ3n) is 4.36. The number of hydrogen-bond acceptors (Lipinski definition) is 4. The monoisotopic (exact) mass is 345 g/mol. The van der Waals surface area contributed by atoms with Gasteiger partial charge in [0.1, 0.15) is 6.10 Å². The summed E-state index contributed by atoms with van der Waals surface area (Å²) < 4.78 is 16.6. The quantitative estimate of drug-likeness (QED) is 0.264. The average molecular weight is 346 g/mol. The Kier molecular flexibility index (Phi) is 18.2. The minimum absolute atomic E-state index is 0.166. The smallest absolute Gasteiger partial charge is 0.293 e. The van der Waals surface area contributed by atoms with E-state index in [0.29, 0.717) is 6.61 Å². The number of carbonyl (C=O) groups is 1. The van der Waals surface area contributed by atoms with Crippen LogP contribution in [0.5, 0.6) is 0 Å². The zero-order chi connectivity index (χ0) is 18.6. The van der Waals surface area contributed by atoms with Crippen LogP contribution in [0.3, 0.4) is 0 Å². The number of unbranched alkanes of at least 4 members (excludes halogenated alkanes) is 13. The minimum Gasteiger partial charge on any atom is -0.460 e. The molecule has 0 aliphatic heterocycles. The van der Waals surface area contributed by atoms with Gasteiger partial charge in [0.15, 0.2) is 1.37 Å². The summed E-state index contributed by atoms with van der Waals surface area (Å²) in [6.07, 6.45) is 16.7. The van der Waals surface area contributed by atoms with Gasteiger partial charge >= 0.3 is 0 Å². The van der Waals surface area contributed by atoms with Crippen LogP contribution in [-0.2, 0) is 14.3 Å². The zero-order valence-corrected chi connectivity index (χ0v) is 15.8. The molecule has 0 rings (SSSR count). The van der Waals surface area contributed by atoms with Crippen LogP contribution >= 0.6 is 0 Å². The van der Waals surface area contributed by atoms with Crippen LogP contribution < -0.4 is 0 Å². The summed E-state index contributed by atoms with van der Waals surface area (Å²) in [5.41, 5.74) is 0. The van der Waals surface area contributed by atoms with Gasteiger partial charge in [0.2, 0.25) is 0 Å². The van der Waals surface area contributed by atoms with E-state index in [0.717, 1.165) is 12.8 Å². The summed E-state index contributed by atoms with van der Waals surface area (Å²) in [7, 11) is 0. The fourth-order valence-electron chi connectivity index (χ4n) is 2.81. The van der Waals surface area contributed by atoms with Crippen molar-refractivity contribution < 1.29 is 20.7 Å². The highest BCUT2D eigenvalue weighted by atomic mass is 16.6. The Bertz CT molecular complexity index is 287. The fourth-order valence-corrected chi connectivity index (χ4v) is 2.81. The van der Waals surface area contributed by atoms with Crippen molar-refractivity contribution in [3.05, 3.63) is 0 Å². The molecule has 4 nitrogen and oxygen atoms in total. The van der Waals surface area contributed by atoms with E-state index in [1.165, 1.54) is 77.0 Å². The summed E-state index contributed by atoms with van der Waals surface area (Å²) in [6, 6.07) is 0. The van der Waals surface area contributed by atoms with Crippen molar-refractivity contribution in [3.63, 3.8) is 0 Å². The third-order valence-corrected chi connectivity index (χ3v) is 4.36. The molecule has 1 atom stereocenters. The van der Waals surface area contributed by atoms with Gasteiger partial charge < -0.3 is 14.6 Å². The molecule has 0 spiro atoms. The van der Waals surface area contributed by atoms with Crippen LogP contribution in [0.25, 0.3) is 0 Å². The van der Waals surface area contributed by atoms with Gasteiger partial charge in [0.25, 0.3) is 6.45 Å². The van der Waals surface area contributed by atoms with Crippen molar-refractivity contribution in [1.29, 1.82) is 0 Å². The molecule has 1 unspecified atom stereocenters. The molecular weight excluding hydrogens is 304 g/mol. The first kappa shape index (κ1) is 21.4. The van der Waals surface area contributed by atoms with Crippen molar-refractivity contribution in [2.75, 3.05) is 19.8 Å². The van der Waals surface area contributed by atoms with E-state index in [9.17, 15) is 4.79 Å². The van der Waals surface area contributed by atoms with Gasteiger partial charge in [-0.15, -0.1) is 0 Å². The van der Waals surface area contributed by atoms with Gasteiger partial charge in [-0.25, -0.2) is 0 Å². The van der Waals surface area contributed by atoms with Crippen molar-refractivity contribution >= 4 is 6.45 Å². The summed E-state index contributed by atoms with van der Waals surface area (Å²) in [6.45, 7) is 2.74. The maximum atomic E-state index is 10.5. The first-order chi connectivity index (χ1) is 12.2. The second-order valence-corrected chi connectivity index (χ2v) is 6.68. The Balaban J connectivity index is 3.15. The van der Waals surface area contributed by atoms with E-state index in [2.05, 4.69) is 11.7 Å². The van der Waals surface area contributed by atoms with E-state index in [4.69, 9.17) is 11.2 Å². The number of hydrogen-bond donors (Lipinski definition) is 1. The molecule has 1 N–H and O–H groups in total. The second kappa shape index (κ2) is 20.4. The summed E-state index contributed by atoms with van der Waals surface area (Å²) in [5, 5.41) is 8.96. The van der Waals surface area contributed by atoms with Crippen LogP contribution in [-0.4, -0.2) is 37.5 Å². The largest absolute Gasteiger partial charge is 0.460 e.